The highest BCUT2D eigenvalue weighted by Crippen LogP contribution is 2.42. The molecule has 0 aliphatic carbocycles. The molecule has 2 heterocycles. The Kier molecular flexibility index (Phi) is 9.34. The Morgan fingerprint density at radius 2 is 1.47 bits per heavy atom. The van der Waals surface area contributed by atoms with Gasteiger partial charge >= 0.3 is 5.97 Å². The lowest BCUT2D eigenvalue weighted by Crippen LogP contribution is -2.68. The SMILES string of the molecule is CN(C)c1ccc(N=Nc2ccc(SCC3=C(C(=O)OC(c4ccccc4)c4ccccc4)N4C(=O)C(N)C4SC3)cc2)cc1. The van der Waals surface area contributed by atoms with Crippen molar-refractivity contribution in [2.75, 3.05) is 30.5 Å². The fourth-order valence-electron chi connectivity index (χ4n) is 5.14. The first-order valence-corrected chi connectivity index (χ1v) is 16.6. The number of nitrogens with zero attached hydrogens (tertiary/aromatic N) is 4. The van der Waals surface area contributed by atoms with Crippen LogP contribution in [0.25, 0.3) is 0 Å². The van der Waals surface area contributed by atoms with Gasteiger partial charge in [-0.05, 0) is 65.2 Å². The Morgan fingerprint density at radius 1 is 0.911 bits per heavy atom. The molecule has 1 saturated heterocycles. The molecule has 2 aliphatic heterocycles. The molecule has 2 unspecified atom stereocenters. The highest BCUT2D eigenvalue weighted by atomic mass is 32.2. The zero-order chi connectivity index (χ0) is 31.3. The number of esters is 1. The standard InChI is InChI=1S/C35H33N5O3S2/c1-39(2)28-17-13-26(14-18-28)37-38-27-15-19-29(20-16-27)44-21-25-22-45-34-30(36)33(41)40(34)31(25)35(42)43-32(23-9-5-3-6-10-23)24-11-7-4-8-12-24/h3-20,30,32,34H,21-22,36H2,1-2H3. The Morgan fingerprint density at radius 3 is 2.02 bits per heavy atom. The molecule has 4 aromatic carbocycles. The van der Waals surface area contributed by atoms with Crippen LogP contribution in [0.3, 0.4) is 0 Å². The van der Waals surface area contributed by atoms with Crippen LogP contribution >= 0.6 is 23.5 Å². The molecule has 2 N–H and O–H groups in total. The van der Waals surface area contributed by atoms with Crippen molar-refractivity contribution in [3.05, 3.63) is 132 Å². The third kappa shape index (κ3) is 6.83. The van der Waals surface area contributed by atoms with Gasteiger partial charge in [0, 0.05) is 36.2 Å². The highest BCUT2D eigenvalue weighted by molar-refractivity contribution is 8.01. The molecule has 0 saturated carbocycles. The number of hydrogen-bond acceptors (Lipinski definition) is 9. The van der Waals surface area contributed by atoms with Gasteiger partial charge in [0.2, 0.25) is 5.91 Å². The summed E-state index contributed by atoms with van der Waals surface area (Å²) in [7, 11) is 3.99. The number of nitrogens with two attached hydrogens (primary N) is 1. The first-order chi connectivity index (χ1) is 21.9. The van der Waals surface area contributed by atoms with Crippen LogP contribution in [0.15, 0.2) is 136 Å². The van der Waals surface area contributed by atoms with E-state index in [1.165, 1.54) is 4.90 Å². The van der Waals surface area contributed by atoms with Crippen LogP contribution in [-0.2, 0) is 14.3 Å². The van der Waals surface area contributed by atoms with Crippen LogP contribution in [0.4, 0.5) is 17.1 Å². The van der Waals surface area contributed by atoms with Gasteiger partial charge in [-0.25, -0.2) is 4.79 Å². The van der Waals surface area contributed by atoms with Gasteiger partial charge in [-0.1, -0.05) is 60.7 Å². The number of fused-ring (bicyclic) bond motifs is 1. The van der Waals surface area contributed by atoms with Crippen molar-refractivity contribution in [2.45, 2.75) is 22.4 Å². The molecule has 0 bridgehead atoms. The van der Waals surface area contributed by atoms with Gasteiger partial charge in [0.15, 0.2) is 6.10 Å². The smallest absolute Gasteiger partial charge is 0.356 e. The molecule has 1 amide bonds. The summed E-state index contributed by atoms with van der Waals surface area (Å²) < 4.78 is 6.20. The van der Waals surface area contributed by atoms with E-state index < -0.39 is 18.1 Å². The molecule has 0 spiro atoms. The number of carbonyl (C=O) groups is 2. The molecular formula is C35H33N5O3S2. The molecule has 0 aromatic heterocycles. The van der Waals surface area contributed by atoms with E-state index in [2.05, 4.69) is 10.2 Å². The lowest BCUT2D eigenvalue weighted by molar-refractivity contribution is -0.153. The van der Waals surface area contributed by atoms with Gasteiger partial charge in [-0.15, -0.1) is 23.5 Å². The number of rotatable bonds is 10. The number of ether oxygens (including phenoxy) is 1. The number of hydrogen-bond donors (Lipinski definition) is 1. The Bertz CT molecular complexity index is 1670. The maximum atomic E-state index is 13.9. The van der Waals surface area contributed by atoms with E-state index in [0.717, 1.165) is 38.7 Å². The monoisotopic (exact) mass is 635 g/mol. The maximum absolute atomic E-state index is 13.9. The minimum absolute atomic E-state index is 0.260. The summed E-state index contributed by atoms with van der Waals surface area (Å²) in [5, 5.41) is 8.44. The van der Waals surface area contributed by atoms with Crippen LogP contribution < -0.4 is 10.6 Å². The number of thioether (sulfide) groups is 2. The van der Waals surface area contributed by atoms with Gasteiger partial charge in [0.05, 0.1) is 11.4 Å². The number of azo groups is 1. The number of amides is 1. The molecule has 2 aliphatic rings. The lowest BCUT2D eigenvalue weighted by atomic mass is 10.0. The van der Waals surface area contributed by atoms with Crippen molar-refractivity contribution in [2.24, 2.45) is 16.0 Å². The molecule has 10 heteroatoms. The van der Waals surface area contributed by atoms with Gasteiger partial charge in [0.1, 0.15) is 17.1 Å². The number of β-lactam (4-membered cyclic amide) rings is 1. The topological polar surface area (TPSA) is 101 Å². The zero-order valence-corrected chi connectivity index (χ0v) is 26.6. The summed E-state index contributed by atoms with van der Waals surface area (Å²) in [6.07, 6.45) is -0.619. The first kappa shape index (κ1) is 30.6. The quantitative estimate of drug-likeness (QED) is 0.0860. The second-order valence-corrected chi connectivity index (χ2v) is 13.0. The number of benzene rings is 4. The summed E-state index contributed by atoms with van der Waals surface area (Å²) in [4.78, 5) is 31.4. The van der Waals surface area contributed by atoms with Crippen molar-refractivity contribution in [3.63, 3.8) is 0 Å². The Balaban J connectivity index is 1.19. The summed E-state index contributed by atoms with van der Waals surface area (Å²) in [6, 6.07) is 34.3. The van der Waals surface area contributed by atoms with Gasteiger partial charge in [-0.2, -0.15) is 10.2 Å². The van der Waals surface area contributed by atoms with E-state index in [4.69, 9.17) is 10.5 Å². The number of anilines is 1. The zero-order valence-electron chi connectivity index (χ0n) is 24.9. The molecule has 4 aromatic rings. The third-order valence-corrected chi connectivity index (χ3v) is 10.1. The van der Waals surface area contributed by atoms with Crippen LogP contribution in [0.1, 0.15) is 17.2 Å². The van der Waals surface area contributed by atoms with Crippen molar-refractivity contribution >= 4 is 52.5 Å². The molecular weight excluding hydrogens is 603 g/mol. The number of carbonyl (C=O) groups excluding carboxylic acids is 2. The van der Waals surface area contributed by atoms with E-state index >= 15 is 0 Å². The Hall–Kier alpha value is -4.38. The van der Waals surface area contributed by atoms with E-state index in [1.54, 1.807) is 23.5 Å². The predicted molar refractivity (Wildman–Crippen MR) is 181 cm³/mol. The van der Waals surface area contributed by atoms with Crippen LogP contribution in [-0.4, -0.2) is 53.8 Å². The summed E-state index contributed by atoms with van der Waals surface area (Å²) >= 11 is 3.17. The highest BCUT2D eigenvalue weighted by Gasteiger charge is 2.52. The molecule has 45 heavy (non-hydrogen) atoms. The third-order valence-electron chi connectivity index (χ3n) is 7.61. The second-order valence-electron chi connectivity index (χ2n) is 10.9. The lowest BCUT2D eigenvalue weighted by Gasteiger charge is -2.48. The van der Waals surface area contributed by atoms with Gasteiger partial charge in [0.25, 0.3) is 0 Å². The van der Waals surface area contributed by atoms with Crippen LogP contribution in [0, 0.1) is 0 Å². The average Bonchev–Trinajstić information content (AvgIpc) is 3.09. The van der Waals surface area contributed by atoms with Gasteiger partial charge < -0.3 is 15.4 Å². The molecule has 8 nitrogen and oxygen atoms in total. The fourth-order valence-corrected chi connectivity index (χ4v) is 7.47. The van der Waals surface area contributed by atoms with Crippen molar-refractivity contribution in [1.82, 2.24) is 4.90 Å². The Labute approximate surface area is 271 Å². The minimum atomic E-state index is -0.626. The normalized spacial score (nSPS) is 17.8. The van der Waals surface area contributed by atoms with Crippen molar-refractivity contribution in [3.8, 4) is 0 Å². The van der Waals surface area contributed by atoms with Crippen LogP contribution in [0.2, 0.25) is 0 Å². The minimum Gasteiger partial charge on any atom is -0.448 e. The second kappa shape index (κ2) is 13.7. The molecule has 0 radical (unpaired) electrons. The first-order valence-electron chi connectivity index (χ1n) is 14.5. The fraction of sp³-hybridized carbons (Fsp3) is 0.200. The van der Waals surface area contributed by atoms with E-state index in [-0.39, 0.29) is 11.3 Å². The largest absolute Gasteiger partial charge is 0.448 e. The molecule has 6 rings (SSSR count). The molecule has 2 atom stereocenters. The summed E-state index contributed by atoms with van der Waals surface area (Å²) in [5.74, 6) is 0.315. The summed E-state index contributed by atoms with van der Waals surface area (Å²) in [6.45, 7) is 0. The van der Waals surface area contributed by atoms with E-state index in [9.17, 15) is 9.59 Å². The van der Waals surface area contributed by atoms with E-state index in [1.807, 2.05) is 128 Å². The maximum Gasteiger partial charge on any atom is 0.356 e. The van der Waals surface area contributed by atoms with E-state index in [0.29, 0.717) is 17.2 Å². The molecule has 228 valence electrons. The predicted octanol–water partition coefficient (Wildman–Crippen LogP) is 7.09. The summed E-state index contributed by atoms with van der Waals surface area (Å²) in [5.41, 5.74) is 11.6. The van der Waals surface area contributed by atoms with Crippen LogP contribution in [0.5, 0.6) is 0 Å². The van der Waals surface area contributed by atoms with Gasteiger partial charge in [-0.3, -0.25) is 9.69 Å². The van der Waals surface area contributed by atoms with Crippen molar-refractivity contribution in [1.29, 1.82) is 0 Å². The average molecular weight is 636 g/mol. The van der Waals surface area contributed by atoms with Crippen molar-refractivity contribution < 1.29 is 14.3 Å². The molecule has 1 fully saturated rings.